The van der Waals surface area contributed by atoms with Crippen LogP contribution in [0.3, 0.4) is 0 Å². The van der Waals surface area contributed by atoms with Crippen LogP contribution >= 0.6 is 0 Å². The lowest BCUT2D eigenvalue weighted by molar-refractivity contribution is -0.130. The number of aromatic nitrogens is 1. The summed E-state index contributed by atoms with van der Waals surface area (Å²) >= 11 is 0. The fourth-order valence-corrected chi connectivity index (χ4v) is 3.42. The van der Waals surface area contributed by atoms with Gasteiger partial charge in [-0.25, -0.2) is 0 Å². The number of carbonyl (C=O) groups is 3. The minimum absolute atomic E-state index is 0.0353. The third-order valence-electron chi connectivity index (χ3n) is 5.61. The summed E-state index contributed by atoms with van der Waals surface area (Å²) in [5.74, 6) is -0.449. The number of hydrogen-bond donors (Lipinski definition) is 3. The summed E-state index contributed by atoms with van der Waals surface area (Å²) in [5, 5.41) is 6.25. The summed E-state index contributed by atoms with van der Waals surface area (Å²) < 4.78 is 0. The van der Waals surface area contributed by atoms with Gasteiger partial charge in [-0.05, 0) is 30.7 Å². The maximum atomic E-state index is 12.5. The summed E-state index contributed by atoms with van der Waals surface area (Å²) in [6, 6.07) is 5.30. The van der Waals surface area contributed by atoms with Gasteiger partial charge in [0.2, 0.25) is 5.91 Å². The van der Waals surface area contributed by atoms with E-state index in [2.05, 4.69) is 22.2 Å². The van der Waals surface area contributed by atoms with Crippen molar-refractivity contribution in [2.75, 3.05) is 0 Å². The van der Waals surface area contributed by atoms with Gasteiger partial charge in [0.05, 0.1) is 0 Å². The zero-order valence-electron chi connectivity index (χ0n) is 18.2. The number of amides is 2. The normalized spacial score (nSPS) is 18.6. The van der Waals surface area contributed by atoms with Crippen molar-refractivity contribution < 1.29 is 14.4 Å². The number of carbonyl (C=O) groups excluding carboxylic acids is 3. The molecule has 1 aromatic heterocycles. The van der Waals surface area contributed by atoms with E-state index in [0.717, 1.165) is 27.7 Å². The van der Waals surface area contributed by atoms with Gasteiger partial charge >= 0.3 is 0 Å². The van der Waals surface area contributed by atoms with Crippen LogP contribution in [0.25, 0.3) is 17.0 Å². The molecule has 6 nitrogen and oxygen atoms in total. The van der Waals surface area contributed by atoms with E-state index >= 15 is 0 Å². The number of Topliss-reactive ketones (excluding diaryl/α,β-unsaturated/α-hetero) is 1. The molecule has 2 amide bonds. The molecule has 1 unspecified atom stereocenters. The zero-order valence-corrected chi connectivity index (χ0v) is 18.2. The smallest absolute Gasteiger partial charge is 0.268 e. The van der Waals surface area contributed by atoms with Gasteiger partial charge in [-0.15, -0.1) is 6.58 Å². The lowest BCUT2D eigenvalue weighted by Gasteiger charge is -2.23. The molecule has 1 aromatic carbocycles. The SMILES string of the molecule is C=CC(C)(C)c1[nH]c2ccc(CC(=O)C(C)C)cc2c1C=C1NC(=O)C(C)NC1=O. The highest BCUT2D eigenvalue weighted by atomic mass is 16.2. The van der Waals surface area contributed by atoms with E-state index in [1.165, 1.54) is 0 Å². The first kappa shape index (κ1) is 21.6. The van der Waals surface area contributed by atoms with Crippen LogP contribution in [0.2, 0.25) is 0 Å². The second-order valence-electron chi connectivity index (χ2n) is 8.76. The first-order valence-electron chi connectivity index (χ1n) is 10.2. The zero-order chi connectivity index (χ0) is 22.2. The molecule has 1 saturated heterocycles. The predicted octanol–water partition coefficient (Wildman–Crippen LogP) is 3.37. The maximum Gasteiger partial charge on any atom is 0.268 e. The highest BCUT2D eigenvalue weighted by molar-refractivity contribution is 6.08. The van der Waals surface area contributed by atoms with Crippen LogP contribution in [0.1, 0.15) is 51.4 Å². The highest BCUT2D eigenvalue weighted by Crippen LogP contribution is 2.34. The molecule has 1 aliphatic rings. The Balaban J connectivity index is 2.18. The quantitative estimate of drug-likeness (QED) is 0.506. The fraction of sp³-hybridized carbons (Fsp3) is 0.375. The second kappa shape index (κ2) is 7.94. The molecule has 0 aliphatic carbocycles. The van der Waals surface area contributed by atoms with Crippen molar-refractivity contribution in [3.8, 4) is 0 Å². The lowest BCUT2D eigenvalue weighted by Crippen LogP contribution is -2.53. The molecule has 1 fully saturated rings. The predicted molar refractivity (Wildman–Crippen MR) is 119 cm³/mol. The van der Waals surface area contributed by atoms with Crippen molar-refractivity contribution in [3.05, 3.63) is 53.4 Å². The Hall–Kier alpha value is -3.15. The molecule has 0 radical (unpaired) electrons. The standard InChI is InChI=1S/C24H29N3O3/c1-7-24(5,6)21-17(12-19-23(30)25-14(4)22(29)27-19)16-10-15(8-9-18(16)26-21)11-20(28)13(2)3/h7-10,12-14,26H,1,11H2,2-6H3,(H,25,30)(H,27,29). The van der Waals surface area contributed by atoms with Crippen LogP contribution in [0, 0.1) is 5.92 Å². The molecule has 1 atom stereocenters. The Morgan fingerprint density at radius 1 is 1.27 bits per heavy atom. The molecule has 0 spiro atoms. The van der Waals surface area contributed by atoms with E-state index in [1.54, 1.807) is 13.0 Å². The summed E-state index contributed by atoms with van der Waals surface area (Å²) in [7, 11) is 0. The number of nitrogens with one attached hydrogen (secondary N) is 3. The molecule has 0 bridgehead atoms. The molecule has 1 aliphatic heterocycles. The third-order valence-corrected chi connectivity index (χ3v) is 5.61. The van der Waals surface area contributed by atoms with Gasteiger partial charge in [-0.3, -0.25) is 14.4 Å². The minimum Gasteiger partial charge on any atom is -0.357 e. The molecule has 3 N–H and O–H groups in total. The molecule has 2 heterocycles. The van der Waals surface area contributed by atoms with Gasteiger partial charge in [0, 0.05) is 39.9 Å². The lowest BCUT2D eigenvalue weighted by atomic mass is 9.86. The molecular formula is C24H29N3O3. The van der Waals surface area contributed by atoms with Crippen LogP contribution in [0.4, 0.5) is 0 Å². The summed E-state index contributed by atoms with van der Waals surface area (Å²) in [6.07, 6.45) is 3.89. The Kier molecular flexibility index (Phi) is 5.70. The number of ketones is 1. The van der Waals surface area contributed by atoms with Crippen LogP contribution in [-0.4, -0.2) is 28.6 Å². The van der Waals surface area contributed by atoms with Crippen molar-refractivity contribution >= 4 is 34.6 Å². The van der Waals surface area contributed by atoms with Crippen molar-refractivity contribution in [1.82, 2.24) is 15.6 Å². The number of H-pyrrole nitrogens is 1. The van der Waals surface area contributed by atoms with Gasteiger partial charge in [0.1, 0.15) is 17.5 Å². The topological polar surface area (TPSA) is 91.1 Å². The van der Waals surface area contributed by atoms with Gasteiger partial charge in [0.25, 0.3) is 5.91 Å². The number of benzene rings is 1. The number of piperazine rings is 1. The summed E-state index contributed by atoms with van der Waals surface area (Å²) in [6.45, 7) is 13.4. The van der Waals surface area contributed by atoms with Crippen molar-refractivity contribution in [2.45, 2.75) is 52.5 Å². The maximum absolute atomic E-state index is 12.5. The molecule has 2 aromatic rings. The van der Waals surface area contributed by atoms with Crippen LogP contribution < -0.4 is 10.6 Å². The molecule has 3 rings (SSSR count). The van der Waals surface area contributed by atoms with Crippen LogP contribution in [0.5, 0.6) is 0 Å². The van der Waals surface area contributed by atoms with Crippen LogP contribution in [-0.2, 0) is 26.2 Å². The average molecular weight is 408 g/mol. The molecule has 158 valence electrons. The van der Waals surface area contributed by atoms with Crippen molar-refractivity contribution in [3.63, 3.8) is 0 Å². The summed E-state index contributed by atoms with van der Waals surface area (Å²) in [5.41, 5.74) is 3.28. The first-order chi connectivity index (χ1) is 14.0. The van der Waals surface area contributed by atoms with Crippen molar-refractivity contribution in [1.29, 1.82) is 0 Å². The first-order valence-corrected chi connectivity index (χ1v) is 10.2. The number of allylic oxidation sites excluding steroid dienone is 1. The number of fused-ring (bicyclic) bond motifs is 1. The average Bonchev–Trinajstić information content (AvgIpc) is 3.04. The molecular weight excluding hydrogens is 378 g/mol. The van der Waals surface area contributed by atoms with Crippen LogP contribution in [0.15, 0.2) is 36.6 Å². The Morgan fingerprint density at radius 3 is 2.60 bits per heavy atom. The minimum atomic E-state index is -0.574. The number of hydrogen-bond acceptors (Lipinski definition) is 3. The monoisotopic (exact) mass is 407 g/mol. The Bertz CT molecular complexity index is 1070. The Labute approximate surface area is 176 Å². The van der Waals surface area contributed by atoms with E-state index < -0.39 is 11.5 Å². The van der Waals surface area contributed by atoms with E-state index in [-0.39, 0.29) is 29.2 Å². The van der Waals surface area contributed by atoms with E-state index in [4.69, 9.17) is 0 Å². The van der Waals surface area contributed by atoms with Crippen molar-refractivity contribution in [2.24, 2.45) is 5.92 Å². The highest BCUT2D eigenvalue weighted by Gasteiger charge is 2.29. The molecule has 6 heteroatoms. The van der Waals surface area contributed by atoms with E-state index in [1.807, 2.05) is 52.0 Å². The number of rotatable bonds is 6. The third kappa shape index (κ3) is 4.08. The molecule has 0 saturated carbocycles. The summed E-state index contributed by atoms with van der Waals surface area (Å²) in [4.78, 5) is 40.2. The van der Waals surface area contributed by atoms with E-state index in [9.17, 15) is 14.4 Å². The van der Waals surface area contributed by atoms with E-state index in [0.29, 0.717) is 6.42 Å². The van der Waals surface area contributed by atoms with Gasteiger partial charge in [-0.2, -0.15) is 0 Å². The molecule has 30 heavy (non-hydrogen) atoms. The largest absolute Gasteiger partial charge is 0.357 e. The second-order valence-corrected chi connectivity index (χ2v) is 8.76. The van der Waals surface area contributed by atoms with Gasteiger partial charge in [0.15, 0.2) is 0 Å². The van der Waals surface area contributed by atoms with Gasteiger partial charge in [-0.1, -0.05) is 39.8 Å². The fourth-order valence-electron chi connectivity index (χ4n) is 3.42. The number of aromatic amines is 1. The van der Waals surface area contributed by atoms with Gasteiger partial charge < -0.3 is 15.6 Å². The Morgan fingerprint density at radius 2 is 1.97 bits per heavy atom.